The summed E-state index contributed by atoms with van der Waals surface area (Å²) in [6.07, 6.45) is 3.22. The van der Waals surface area contributed by atoms with Gasteiger partial charge in [0.2, 0.25) is 15.9 Å². The Labute approximate surface area is 252 Å². The minimum atomic E-state index is -3.77. The molecule has 1 amide bonds. The second kappa shape index (κ2) is 13.5. The topological polar surface area (TPSA) is 161 Å². The zero-order chi connectivity index (χ0) is 30.4. The minimum Gasteiger partial charge on any atom is -0.472 e. The number of ether oxygens (including phenoxy) is 2. The zero-order valence-electron chi connectivity index (χ0n) is 23.7. The Hall–Kier alpha value is -4.09. The average molecular weight is 627 g/mol. The lowest BCUT2D eigenvalue weighted by molar-refractivity contribution is -0.110. The number of thiazole rings is 1. The highest BCUT2D eigenvalue weighted by atomic mass is 32.2. The largest absolute Gasteiger partial charge is 0.472 e. The molecule has 0 spiro atoms. The maximum atomic E-state index is 13.5. The van der Waals surface area contributed by atoms with Gasteiger partial charge in [-0.25, -0.2) is 28.4 Å². The van der Waals surface area contributed by atoms with Gasteiger partial charge in [-0.15, -0.1) is 0 Å². The van der Waals surface area contributed by atoms with E-state index in [4.69, 9.17) is 14.3 Å². The van der Waals surface area contributed by atoms with Gasteiger partial charge in [0.05, 0.1) is 11.5 Å². The van der Waals surface area contributed by atoms with Crippen molar-refractivity contribution in [3.63, 3.8) is 0 Å². The lowest BCUT2D eigenvalue weighted by Gasteiger charge is -2.35. The molecule has 0 aliphatic carbocycles. The summed E-state index contributed by atoms with van der Waals surface area (Å²) in [5, 5.41) is 7.11. The number of pyridine rings is 1. The summed E-state index contributed by atoms with van der Waals surface area (Å²) in [6.45, 7) is 2.02. The lowest BCUT2D eigenvalue weighted by Crippen LogP contribution is -2.51. The first-order chi connectivity index (χ1) is 20.7. The molecule has 1 aliphatic rings. The SMILES string of the molecule is COCCN(C)S(=O)(=O)c1ccc(C(=NOCc2ncccn2)C(=O)Nc2nc3ccc(OC4CN(C)C4)nc3s2)cc1. The first-order valence-electron chi connectivity index (χ1n) is 13.2. The van der Waals surface area contributed by atoms with Crippen molar-refractivity contribution in [3.8, 4) is 5.88 Å². The van der Waals surface area contributed by atoms with E-state index in [2.05, 4.69) is 35.3 Å². The van der Waals surface area contributed by atoms with E-state index in [0.29, 0.717) is 32.7 Å². The molecule has 4 heterocycles. The van der Waals surface area contributed by atoms with Crippen LogP contribution >= 0.6 is 11.3 Å². The maximum Gasteiger partial charge on any atom is 0.280 e. The number of nitrogens with one attached hydrogen (secondary N) is 1. The summed E-state index contributed by atoms with van der Waals surface area (Å²) in [6, 6.07) is 11.0. The summed E-state index contributed by atoms with van der Waals surface area (Å²) in [4.78, 5) is 38.8. The summed E-state index contributed by atoms with van der Waals surface area (Å²) in [5.74, 6) is 0.249. The molecule has 3 aromatic heterocycles. The van der Waals surface area contributed by atoms with Crippen LogP contribution in [0.15, 0.2) is 64.9 Å². The van der Waals surface area contributed by atoms with E-state index >= 15 is 0 Å². The fraction of sp³-hybridized carbons (Fsp3) is 0.333. The zero-order valence-corrected chi connectivity index (χ0v) is 25.3. The number of fused-ring (bicyclic) bond motifs is 1. The third kappa shape index (κ3) is 7.47. The van der Waals surface area contributed by atoms with Crippen molar-refractivity contribution < 1.29 is 27.5 Å². The Morgan fingerprint density at radius 3 is 2.58 bits per heavy atom. The molecule has 5 rings (SSSR count). The van der Waals surface area contributed by atoms with E-state index in [1.807, 2.05) is 7.05 Å². The quantitative estimate of drug-likeness (QED) is 0.171. The Bertz CT molecular complexity index is 1690. The predicted octanol–water partition coefficient (Wildman–Crippen LogP) is 2.00. The first kappa shape index (κ1) is 30.4. The normalized spacial score (nSPS) is 14.6. The van der Waals surface area contributed by atoms with Crippen LogP contribution in [0.5, 0.6) is 5.88 Å². The number of sulfonamides is 1. The second-order valence-corrected chi connectivity index (χ2v) is 12.7. The number of hydrogen-bond acceptors (Lipinski definition) is 13. The molecule has 16 heteroatoms. The van der Waals surface area contributed by atoms with Gasteiger partial charge < -0.3 is 14.3 Å². The molecule has 0 saturated carbocycles. The molecule has 1 saturated heterocycles. The lowest BCUT2D eigenvalue weighted by atomic mass is 10.1. The van der Waals surface area contributed by atoms with Gasteiger partial charge in [-0.3, -0.25) is 15.0 Å². The smallest absolute Gasteiger partial charge is 0.280 e. The van der Waals surface area contributed by atoms with E-state index in [1.54, 1.807) is 30.6 Å². The molecular formula is C27H30N8O6S2. The van der Waals surface area contributed by atoms with Crippen LogP contribution in [0.3, 0.4) is 0 Å². The third-order valence-corrected chi connectivity index (χ3v) is 9.15. The van der Waals surface area contributed by atoms with Gasteiger partial charge in [-0.05, 0) is 31.3 Å². The number of rotatable bonds is 13. The van der Waals surface area contributed by atoms with Crippen molar-refractivity contribution in [2.24, 2.45) is 5.16 Å². The number of methoxy groups -OCH3 is 1. The highest BCUT2D eigenvalue weighted by Gasteiger charge is 2.26. The van der Waals surface area contributed by atoms with E-state index in [0.717, 1.165) is 13.1 Å². The molecule has 1 fully saturated rings. The predicted molar refractivity (Wildman–Crippen MR) is 159 cm³/mol. The Balaban J connectivity index is 1.35. The summed E-state index contributed by atoms with van der Waals surface area (Å²) in [7, 11) is 1.22. The molecule has 4 aromatic rings. The maximum absolute atomic E-state index is 13.5. The molecule has 0 bridgehead atoms. The molecular weight excluding hydrogens is 596 g/mol. The van der Waals surface area contributed by atoms with Crippen LogP contribution in [-0.4, -0.2) is 103 Å². The second-order valence-electron chi connectivity index (χ2n) is 9.63. The molecule has 0 atom stereocenters. The Kier molecular flexibility index (Phi) is 9.52. The highest BCUT2D eigenvalue weighted by molar-refractivity contribution is 7.89. The van der Waals surface area contributed by atoms with Gasteiger partial charge in [0.15, 0.2) is 23.3 Å². The number of likely N-dealkylation sites (tertiary alicyclic amines) is 1. The van der Waals surface area contributed by atoms with Gasteiger partial charge >= 0.3 is 0 Å². The third-order valence-electron chi connectivity index (χ3n) is 6.40. The average Bonchev–Trinajstić information content (AvgIpc) is 3.39. The van der Waals surface area contributed by atoms with Crippen molar-refractivity contribution in [1.29, 1.82) is 0 Å². The van der Waals surface area contributed by atoms with Crippen LogP contribution in [0.2, 0.25) is 0 Å². The van der Waals surface area contributed by atoms with E-state index in [1.165, 1.54) is 54.1 Å². The number of amides is 1. The van der Waals surface area contributed by atoms with Crippen LogP contribution in [0, 0.1) is 0 Å². The van der Waals surface area contributed by atoms with Crippen molar-refractivity contribution in [2.75, 3.05) is 52.8 Å². The van der Waals surface area contributed by atoms with Crippen LogP contribution in [0.25, 0.3) is 10.3 Å². The number of nitrogens with zero attached hydrogens (tertiary/aromatic N) is 7. The van der Waals surface area contributed by atoms with Crippen LogP contribution in [-0.2, 0) is 31.0 Å². The van der Waals surface area contributed by atoms with E-state index in [9.17, 15) is 13.2 Å². The van der Waals surface area contributed by atoms with E-state index < -0.39 is 15.9 Å². The number of benzene rings is 1. The summed E-state index contributed by atoms with van der Waals surface area (Å²) in [5.41, 5.74) is 0.824. The minimum absolute atomic E-state index is 0.0528. The van der Waals surface area contributed by atoms with Crippen molar-refractivity contribution in [3.05, 3.63) is 66.2 Å². The van der Waals surface area contributed by atoms with Gasteiger partial charge in [0.1, 0.15) is 16.5 Å². The molecule has 1 aromatic carbocycles. The van der Waals surface area contributed by atoms with Crippen LogP contribution in [0.1, 0.15) is 11.4 Å². The van der Waals surface area contributed by atoms with Gasteiger partial charge in [0, 0.05) is 57.8 Å². The number of likely N-dealkylation sites (N-methyl/N-ethyl adjacent to an activating group) is 2. The molecule has 43 heavy (non-hydrogen) atoms. The highest BCUT2D eigenvalue weighted by Crippen LogP contribution is 2.27. The number of aromatic nitrogens is 4. The van der Waals surface area contributed by atoms with Gasteiger partial charge in [-0.2, -0.15) is 4.31 Å². The van der Waals surface area contributed by atoms with Crippen LogP contribution < -0.4 is 10.1 Å². The van der Waals surface area contributed by atoms with E-state index in [-0.39, 0.29) is 36.5 Å². The van der Waals surface area contributed by atoms with Crippen molar-refractivity contribution in [2.45, 2.75) is 17.6 Å². The molecule has 0 radical (unpaired) electrons. The van der Waals surface area contributed by atoms with Gasteiger partial charge in [0.25, 0.3) is 5.91 Å². The fourth-order valence-corrected chi connectivity index (χ4v) is 6.03. The molecule has 0 unspecified atom stereocenters. The molecule has 14 nitrogen and oxygen atoms in total. The standard InChI is InChI=1S/C27H30N8O6S2/c1-34-15-19(16-34)41-23-10-9-21-26(31-23)42-27(30-21)32-25(36)24(33-40-17-22-28-11-4-12-29-22)18-5-7-20(8-6-18)43(37,38)35(2)13-14-39-3/h4-12,19H,13-17H2,1-3H3,(H,30,32,36). The number of carbonyl (C=O) groups excluding carboxylic acids is 1. The molecule has 1 aliphatic heterocycles. The first-order valence-corrected chi connectivity index (χ1v) is 15.4. The number of carbonyl (C=O) groups is 1. The number of hydrogen-bond donors (Lipinski definition) is 1. The van der Waals surface area contributed by atoms with Crippen molar-refractivity contribution >= 4 is 48.5 Å². The molecule has 1 N–H and O–H groups in total. The monoisotopic (exact) mass is 626 g/mol. The molecule has 226 valence electrons. The number of anilines is 1. The summed E-state index contributed by atoms with van der Waals surface area (Å²) >= 11 is 1.19. The number of oxime groups is 1. The van der Waals surface area contributed by atoms with Gasteiger partial charge in [-0.1, -0.05) is 28.6 Å². The fourth-order valence-electron chi connectivity index (χ4n) is 4.05. The van der Waals surface area contributed by atoms with Crippen molar-refractivity contribution in [1.82, 2.24) is 29.1 Å². The van der Waals surface area contributed by atoms with Crippen LogP contribution in [0.4, 0.5) is 5.13 Å². The Morgan fingerprint density at radius 1 is 1.14 bits per heavy atom. The summed E-state index contributed by atoms with van der Waals surface area (Å²) < 4.78 is 37.9. The Morgan fingerprint density at radius 2 is 1.88 bits per heavy atom.